The predicted octanol–water partition coefficient (Wildman–Crippen LogP) is 4.44. The van der Waals surface area contributed by atoms with Gasteiger partial charge in [0.05, 0.1) is 13.1 Å². The van der Waals surface area contributed by atoms with Crippen molar-refractivity contribution in [2.45, 2.75) is 13.0 Å². The molecule has 1 aliphatic heterocycles. The number of hydrogen-bond donors (Lipinski definition) is 1. The smallest absolute Gasteiger partial charge is 0.256 e. The van der Waals surface area contributed by atoms with E-state index in [4.69, 9.17) is 4.74 Å². The summed E-state index contributed by atoms with van der Waals surface area (Å²) in [6, 6.07) is 15.4. The van der Waals surface area contributed by atoms with E-state index in [9.17, 15) is 18.4 Å². The summed E-state index contributed by atoms with van der Waals surface area (Å²) >= 11 is 0. The first kappa shape index (κ1) is 22.4. The van der Waals surface area contributed by atoms with Gasteiger partial charge in [-0.1, -0.05) is 6.07 Å². The number of hydrogen-bond acceptors (Lipinski definition) is 5. The number of benzene rings is 2. The van der Waals surface area contributed by atoms with Gasteiger partial charge in [0.25, 0.3) is 5.91 Å². The number of likely N-dealkylation sites (tertiary alicyclic amines) is 1. The number of fused-ring (bicyclic) bond motifs is 1. The van der Waals surface area contributed by atoms with Crippen molar-refractivity contribution in [3.8, 4) is 16.9 Å². The summed E-state index contributed by atoms with van der Waals surface area (Å²) in [7, 11) is 0. The lowest BCUT2D eigenvalue weighted by molar-refractivity contribution is -0.137. The average molecular weight is 474 g/mol. The number of carbonyl (C=O) groups is 2. The van der Waals surface area contributed by atoms with Crippen LogP contribution in [0.3, 0.4) is 0 Å². The fourth-order valence-electron chi connectivity index (χ4n) is 3.82. The van der Waals surface area contributed by atoms with E-state index in [1.807, 2.05) is 12.1 Å². The molecule has 0 saturated carbocycles. The Kier molecular flexibility index (Phi) is 5.82. The summed E-state index contributed by atoms with van der Waals surface area (Å²) in [6.07, 6.45) is 1.34. The van der Waals surface area contributed by atoms with E-state index in [-0.39, 0.29) is 17.6 Å². The lowest BCUT2D eigenvalue weighted by Gasteiger charge is -2.38. The monoisotopic (exact) mass is 474 g/mol. The fraction of sp³-hybridized carbons (Fsp3) is 0.154. The Morgan fingerprint density at radius 3 is 2.63 bits per heavy atom. The predicted molar refractivity (Wildman–Crippen MR) is 126 cm³/mol. The van der Waals surface area contributed by atoms with Crippen LogP contribution in [0, 0.1) is 11.6 Å². The Hall–Kier alpha value is -4.40. The number of nitrogens with one attached hydrogen (secondary N) is 1. The van der Waals surface area contributed by atoms with Crippen LogP contribution in [0.2, 0.25) is 0 Å². The molecule has 176 valence electrons. The van der Waals surface area contributed by atoms with Crippen LogP contribution >= 0.6 is 0 Å². The van der Waals surface area contributed by atoms with Crippen molar-refractivity contribution in [1.82, 2.24) is 14.9 Å². The van der Waals surface area contributed by atoms with Crippen LogP contribution in [0.15, 0.2) is 66.9 Å². The van der Waals surface area contributed by atoms with Crippen LogP contribution in [0.1, 0.15) is 17.3 Å². The van der Waals surface area contributed by atoms with Crippen LogP contribution in [0.25, 0.3) is 22.2 Å². The number of aromatic nitrogens is 2. The number of nitrogens with zero attached hydrogens (tertiary/aromatic N) is 3. The van der Waals surface area contributed by atoms with Crippen molar-refractivity contribution in [3.63, 3.8) is 0 Å². The van der Waals surface area contributed by atoms with Crippen molar-refractivity contribution >= 4 is 28.7 Å². The van der Waals surface area contributed by atoms with Crippen LogP contribution in [-0.2, 0) is 4.79 Å². The number of pyridine rings is 2. The first-order chi connectivity index (χ1) is 16.9. The van der Waals surface area contributed by atoms with E-state index in [1.165, 1.54) is 13.0 Å². The number of rotatable bonds is 5. The van der Waals surface area contributed by atoms with Gasteiger partial charge in [-0.3, -0.25) is 9.59 Å². The molecule has 35 heavy (non-hydrogen) atoms. The van der Waals surface area contributed by atoms with E-state index < -0.39 is 17.5 Å². The zero-order chi connectivity index (χ0) is 24.5. The van der Waals surface area contributed by atoms with Crippen molar-refractivity contribution in [2.24, 2.45) is 0 Å². The molecule has 1 N–H and O–H groups in total. The molecule has 1 saturated heterocycles. The molecule has 2 aromatic heterocycles. The third-order valence-corrected chi connectivity index (χ3v) is 5.77. The van der Waals surface area contributed by atoms with Gasteiger partial charge < -0.3 is 15.0 Å². The van der Waals surface area contributed by atoms with E-state index in [1.54, 1.807) is 41.4 Å². The Labute approximate surface area is 199 Å². The van der Waals surface area contributed by atoms with Crippen molar-refractivity contribution in [3.05, 3.63) is 84.1 Å². The van der Waals surface area contributed by atoms with Crippen molar-refractivity contribution in [1.29, 1.82) is 0 Å². The Balaban J connectivity index is 1.43. The summed E-state index contributed by atoms with van der Waals surface area (Å²) in [4.78, 5) is 34.7. The molecule has 0 unspecified atom stereocenters. The molecule has 0 atom stereocenters. The highest BCUT2D eigenvalue weighted by atomic mass is 19.2. The molecule has 9 heteroatoms. The molecule has 0 radical (unpaired) electrons. The maximum atomic E-state index is 13.9. The molecule has 3 heterocycles. The molecule has 1 aliphatic rings. The van der Waals surface area contributed by atoms with E-state index >= 15 is 0 Å². The molecule has 0 aliphatic carbocycles. The van der Waals surface area contributed by atoms with Gasteiger partial charge in [-0.25, -0.2) is 18.7 Å². The SMILES string of the molecule is CC(=O)N1CC(Oc2cc(C(=O)Nc3ccc4cccnc4n3)ccc2-c2ccc(F)c(F)c2)C1. The minimum atomic E-state index is -0.988. The molecule has 2 aromatic carbocycles. The summed E-state index contributed by atoms with van der Waals surface area (Å²) < 4.78 is 33.4. The molecule has 2 amide bonds. The number of amides is 2. The molecule has 7 nitrogen and oxygen atoms in total. The van der Waals surface area contributed by atoms with Crippen molar-refractivity contribution < 1.29 is 23.1 Å². The molecule has 4 aromatic rings. The topological polar surface area (TPSA) is 84.4 Å². The highest BCUT2D eigenvalue weighted by Gasteiger charge is 2.31. The van der Waals surface area contributed by atoms with E-state index in [0.717, 1.165) is 17.5 Å². The molecule has 5 rings (SSSR count). The second-order valence-corrected chi connectivity index (χ2v) is 8.20. The van der Waals surface area contributed by atoms with Gasteiger partial charge in [-0.2, -0.15) is 0 Å². The Bertz CT molecular complexity index is 1450. The standard InChI is InChI=1S/C26H20F2N4O3/c1-15(33)32-13-19(14-32)35-23-12-18(4-7-20(23)17-5-8-21(27)22(28)11-17)26(34)31-24-9-6-16-3-2-10-29-25(16)30-24/h2-12,19H,13-14H2,1H3,(H,29,30,31,34). The second kappa shape index (κ2) is 9.09. The first-order valence-corrected chi connectivity index (χ1v) is 10.9. The van der Waals surface area contributed by atoms with Gasteiger partial charge in [-0.05, 0) is 60.2 Å². The summed E-state index contributed by atoms with van der Waals surface area (Å²) in [5.74, 6) is -1.77. The normalized spacial score (nSPS) is 13.4. The molecule has 1 fully saturated rings. The third-order valence-electron chi connectivity index (χ3n) is 5.77. The average Bonchev–Trinajstić information content (AvgIpc) is 2.82. The molecule has 0 bridgehead atoms. The van der Waals surface area contributed by atoms with Gasteiger partial charge in [0.2, 0.25) is 5.91 Å². The van der Waals surface area contributed by atoms with Crippen LogP contribution in [-0.4, -0.2) is 45.9 Å². The fourth-order valence-corrected chi connectivity index (χ4v) is 3.82. The zero-order valence-corrected chi connectivity index (χ0v) is 18.7. The highest BCUT2D eigenvalue weighted by Crippen LogP contribution is 2.34. The first-order valence-electron chi connectivity index (χ1n) is 10.9. The Morgan fingerprint density at radius 1 is 1.03 bits per heavy atom. The van der Waals surface area contributed by atoms with Crippen LogP contribution in [0.5, 0.6) is 5.75 Å². The second-order valence-electron chi connectivity index (χ2n) is 8.20. The van der Waals surface area contributed by atoms with Gasteiger partial charge in [0.1, 0.15) is 17.7 Å². The minimum Gasteiger partial charge on any atom is -0.486 e. The maximum Gasteiger partial charge on any atom is 0.256 e. The number of ether oxygens (including phenoxy) is 1. The van der Waals surface area contributed by atoms with Gasteiger partial charge in [0.15, 0.2) is 17.3 Å². The quantitative estimate of drug-likeness (QED) is 0.463. The lowest BCUT2D eigenvalue weighted by Crippen LogP contribution is -2.55. The number of anilines is 1. The van der Waals surface area contributed by atoms with E-state index in [0.29, 0.717) is 41.4 Å². The summed E-state index contributed by atoms with van der Waals surface area (Å²) in [6.45, 7) is 2.28. The van der Waals surface area contributed by atoms with Crippen LogP contribution in [0.4, 0.5) is 14.6 Å². The van der Waals surface area contributed by atoms with Gasteiger partial charge in [-0.15, -0.1) is 0 Å². The van der Waals surface area contributed by atoms with Crippen molar-refractivity contribution in [2.75, 3.05) is 18.4 Å². The lowest BCUT2D eigenvalue weighted by atomic mass is 10.0. The number of carbonyl (C=O) groups excluding carboxylic acids is 2. The Morgan fingerprint density at radius 2 is 1.86 bits per heavy atom. The number of halogens is 2. The highest BCUT2D eigenvalue weighted by molar-refractivity contribution is 6.04. The largest absolute Gasteiger partial charge is 0.486 e. The molecule has 0 spiro atoms. The van der Waals surface area contributed by atoms with Gasteiger partial charge in [0, 0.05) is 29.6 Å². The molecular weight excluding hydrogens is 454 g/mol. The van der Waals surface area contributed by atoms with E-state index in [2.05, 4.69) is 15.3 Å². The minimum absolute atomic E-state index is 0.0591. The third kappa shape index (κ3) is 4.65. The zero-order valence-electron chi connectivity index (χ0n) is 18.7. The molecular formula is C26H20F2N4O3. The van der Waals surface area contributed by atoms with Crippen LogP contribution < -0.4 is 10.1 Å². The maximum absolute atomic E-state index is 13.9. The van der Waals surface area contributed by atoms with Gasteiger partial charge >= 0.3 is 0 Å². The summed E-state index contributed by atoms with van der Waals surface area (Å²) in [5, 5.41) is 3.59. The summed E-state index contributed by atoms with van der Waals surface area (Å²) in [5.41, 5.74) is 1.69.